The zero-order valence-corrected chi connectivity index (χ0v) is 12.9. The van der Waals surface area contributed by atoms with Gasteiger partial charge in [0, 0.05) is 43.2 Å². The Balaban J connectivity index is 1.39. The van der Waals surface area contributed by atoms with E-state index in [1.807, 2.05) is 6.07 Å². The number of nitrogens with one attached hydrogen (secondary N) is 2. The van der Waals surface area contributed by atoms with E-state index in [2.05, 4.69) is 30.4 Å². The van der Waals surface area contributed by atoms with Crippen molar-refractivity contribution in [3.8, 4) is 0 Å². The van der Waals surface area contributed by atoms with E-state index in [4.69, 9.17) is 0 Å². The van der Waals surface area contributed by atoms with Crippen molar-refractivity contribution in [2.24, 2.45) is 5.92 Å². The standard InChI is InChI=1S/C16H20N6O/c23-15(19-14-9-13(20-21-14)11-4-5-11)12-3-1-8-22(10-12)16-17-6-2-7-18-16/h2,6-7,9,11-12H,1,3-5,8,10H2,(H2,19,20,21,23)/t12-/m1/s1. The summed E-state index contributed by atoms with van der Waals surface area (Å²) in [5.41, 5.74) is 1.13. The predicted molar refractivity (Wildman–Crippen MR) is 86.2 cm³/mol. The highest BCUT2D eigenvalue weighted by Gasteiger charge is 2.29. The molecule has 120 valence electrons. The lowest BCUT2D eigenvalue weighted by atomic mass is 9.97. The van der Waals surface area contributed by atoms with Crippen LogP contribution in [0.3, 0.4) is 0 Å². The van der Waals surface area contributed by atoms with Gasteiger partial charge in [0.1, 0.15) is 0 Å². The molecule has 0 aromatic carbocycles. The second kappa shape index (κ2) is 5.98. The summed E-state index contributed by atoms with van der Waals surface area (Å²) in [4.78, 5) is 23.1. The molecule has 1 atom stereocenters. The van der Waals surface area contributed by atoms with Crippen molar-refractivity contribution in [1.82, 2.24) is 20.2 Å². The average Bonchev–Trinajstić information content (AvgIpc) is 3.36. The molecule has 1 saturated carbocycles. The molecule has 1 saturated heterocycles. The number of amides is 1. The smallest absolute Gasteiger partial charge is 0.230 e. The van der Waals surface area contributed by atoms with E-state index in [1.54, 1.807) is 18.5 Å². The number of H-pyrrole nitrogens is 1. The first-order chi connectivity index (χ1) is 11.3. The molecule has 23 heavy (non-hydrogen) atoms. The molecule has 2 N–H and O–H groups in total. The van der Waals surface area contributed by atoms with E-state index >= 15 is 0 Å². The fourth-order valence-corrected chi connectivity index (χ4v) is 3.06. The third-order valence-corrected chi connectivity index (χ3v) is 4.49. The Kier molecular flexibility index (Phi) is 3.69. The first-order valence-electron chi connectivity index (χ1n) is 8.18. The monoisotopic (exact) mass is 312 g/mol. The van der Waals surface area contributed by atoms with Crippen molar-refractivity contribution in [3.63, 3.8) is 0 Å². The summed E-state index contributed by atoms with van der Waals surface area (Å²) in [7, 11) is 0. The number of piperidine rings is 1. The molecule has 4 rings (SSSR count). The van der Waals surface area contributed by atoms with Gasteiger partial charge in [0.05, 0.1) is 5.92 Å². The minimum atomic E-state index is -0.0615. The number of aromatic nitrogens is 4. The zero-order valence-electron chi connectivity index (χ0n) is 12.9. The molecule has 0 unspecified atom stereocenters. The Morgan fingerprint density at radius 2 is 2.09 bits per heavy atom. The molecule has 0 spiro atoms. The highest BCUT2D eigenvalue weighted by Crippen LogP contribution is 2.39. The topological polar surface area (TPSA) is 86.8 Å². The highest BCUT2D eigenvalue weighted by atomic mass is 16.2. The normalized spacial score (nSPS) is 21.2. The molecule has 0 radical (unpaired) electrons. The Hall–Kier alpha value is -2.44. The van der Waals surface area contributed by atoms with Crippen LogP contribution in [0.2, 0.25) is 0 Å². The number of aromatic amines is 1. The van der Waals surface area contributed by atoms with Crippen LogP contribution in [-0.2, 0) is 4.79 Å². The lowest BCUT2D eigenvalue weighted by molar-refractivity contribution is -0.120. The van der Waals surface area contributed by atoms with E-state index < -0.39 is 0 Å². The largest absolute Gasteiger partial charge is 0.340 e. The summed E-state index contributed by atoms with van der Waals surface area (Å²) >= 11 is 0. The van der Waals surface area contributed by atoms with E-state index in [9.17, 15) is 4.79 Å². The summed E-state index contributed by atoms with van der Waals surface area (Å²) in [5, 5.41) is 10.1. The fourth-order valence-electron chi connectivity index (χ4n) is 3.06. The number of hydrogen-bond donors (Lipinski definition) is 2. The van der Waals surface area contributed by atoms with Gasteiger partial charge in [-0.1, -0.05) is 0 Å². The van der Waals surface area contributed by atoms with E-state index in [-0.39, 0.29) is 11.8 Å². The first-order valence-corrected chi connectivity index (χ1v) is 8.18. The molecule has 7 heteroatoms. The van der Waals surface area contributed by atoms with Crippen molar-refractivity contribution in [2.75, 3.05) is 23.3 Å². The Labute approximate surface area is 134 Å². The third-order valence-electron chi connectivity index (χ3n) is 4.49. The van der Waals surface area contributed by atoms with Crippen LogP contribution in [0, 0.1) is 5.92 Å². The van der Waals surface area contributed by atoms with Gasteiger partial charge in [-0.15, -0.1) is 0 Å². The lowest BCUT2D eigenvalue weighted by Gasteiger charge is -2.31. The van der Waals surface area contributed by atoms with E-state index in [0.717, 1.165) is 25.1 Å². The molecule has 0 bridgehead atoms. The number of nitrogens with zero attached hydrogens (tertiary/aromatic N) is 4. The minimum absolute atomic E-state index is 0.0273. The number of carbonyl (C=O) groups is 1. The average molecular weight is 312 g/mol. The summed E-state index contributed by atoms with van der Waals surface area (Å²) in [6.45, 7) is 1.54. The molecular formula is C16H20N6O. The molecule has 2 aromatic rings. The maximum Gasteiger partial charge on any atom is 0.230 e. The highest BCUT2D eigenvalue weighted by molar-refractivity contribution is 5.92. The van der Waals surface area contributed by atoms with Crippen LogP contribution < -0.4 is 10.2 Å². The van der Waals surface area contributed by atoms with Crippen LogP contribution in [0.5, 0.6) is 0 Å². The fraction of sp³-hybridized carbons (Fsp3) is 0.500. The second-order valence-corrected chi connectivity index (χ2v) is 6.31. The number of hydrogen-bond acceptors (Lipinski definition) is 5. The molecule has 1 aliphatic carbocycles. The van der Waals surface area contributed by atoms with Gasteiger partial charge in [0.25, 0.3) is 0 Å². The molecule has 2 fully saturated rings. The summed E-state index contributed by atoms with van der Waals surface area (Å²) in [6.07, 6.45) is 7.73. The van der Waals surface area contributed by atoms with Crippen LogP contribution in [0.4, 0.5) is 11.8 Å². The Bertz CT molecular complexity index is 681. The molecule has 2 aromatic heterocycles. The predicted octanol–water partition coefficient (Wildman–Crippen LogP) is 1.93. The van der Waals surface area contributed by atoms with Gasteiger partial charge >= 0.3 is 0 Å². The van der Waals surface area contributed by atoms with Crippen molar-refractivity contribution < 1.29 is 4.79 Å². The van der Waals surface area contributed by atoms with Crippen LogP contribution in [0.1, 0.15) is 37.3 Å². The van der Waals surface area contributed by atoms with Crippen molar-refractivity contribution >= 4 is 17.7 Å². The Morgan fingerprint density at radius 1 is 1.26 bits per heavy atom. The molecule has 1 amide bonds. The van der Waals surface area contributed by atoms with Crippen LogP contribution >= 0.6 is 0 Å². The molecule has 3 heterocycles. The molecule has 7 nitrogen and oxygen atoms in total. The second-order valence-electron chi connectivity index (χ2n) is 6.31. The van der Waals surface area contributed by atoms with Crippen LogP contribution in [0.25, 0.3) is 0 Å². The lowest BCUT2D eigenvalue weighted by Crippen LogP contribution is -2.41. The van der Waals surface area contributed by atoms with Gasteiger partial charge in [-0.3, -0.25) is 9.89 Å². The van der Waals surface area contributed by atoms with Crippen molar-refractivity contribution in [2.45, 2.75) is 31.6 Å². The number of anilines is 2. The number of rotatable bonds is 4. The molecule has 1 aliphatic heterocycles. The summed E-state index contributed by atoms with van der Waals surface area (Å²) in [6, 6.07) is 3.75. The van der Waals surface area contributed by atoms with E-state index in [0.29, 0.717) is 24.2 Å². The maximum absolute atomic E-state index is 12.5. The third kappa shape index (κ3) is 3.18. The van der Waals surface area contributed by atoms with Crippen LogP contribution in [0.15, 0.2) is 24.5 Å². The zero-order chi connectivity index (χ0) is 15.6. The summed E-state index contributed by atoms with van der Waals surface area (Å²) < 4.78 is 0. The summed E-state index contributed by atoms with van der Waals surface area (Å²) in [5.74, 6) is 1.90. The van der Waals surface area contributed by atoms with Gasteiger partial charge in [-0.05, 0) is 31.7 Å². The maximum atomic E-state index is 12.5. The first kappa shape index (κ1) is 14.2. The van der Waals surface area contributed by atoms with Crippen LogP contribution in [-0.4, -0.2) is 39.2 Å². The SMILES string of the molecule is O=C(Nc1cc(C2CC2)[nH]n1)[C@@H]1CCCN(c2ncccn2)C1. The van der Waals surface area contributed by atoms with Crippen molar-refractivity contribution in [3.05, 3.63) is 30.2 Å². The number of carbonyl (C=O) groups excluding carboxylic acids is 1. The van der Waals surface area contributed by atoms with Crippen molar-refractivity contribution in [1.29, 1.82) is 0 Å². The minimum Gasteiger partial charge on any atom is -0.340 e. The quantitative estimate of drug-likeness (QED) is 0.901. The molecular weight excluding hydrogens is 292 g/mol. The Morgan fingerprint density at radius 3 is 2.87 bits per heavy atom. The van der Waals surface area contributed by atoms with Gasteiger partial charge in [-0.25, -0.2) is 9.97 Å². The molecule has 2 aliphatic rings. The van der Waals surface area contributed by atoms with Gasteiger partial charge in [0.2, 0.25) is 11.9 Å². The van der Waals surface area contributed by atoms with Gasteiger partial charge in [-0.2, -0.15) is 5.10 Å². The van der Waals surface area contributed by atoms with Gasteiger partial charge in [0.15, 0.2) is 5.82 Å². The van der Waals surface area contributed by atoms with Gasteiger partial charge < -0.3 is 10.2 Å². The van der Waals surface area contributed by atoms with E-state index in [1.165, 1.54) is 12.8 Å².